The second-order valence-electron chi connectivity index (χ2n) is 10.1. The highest BCUT2D eigenvalue weighted by atomic mass is 16.5. The van der Waals surface area contributed by atoms with E-state index < -0.39 is 5.97 Å². The van der Waals surface area contributed by atoms with Crippen molar-refractivity contribution in [3.8, 4) is 5.75 Å². The quantitative estimate of drug-likeness (QED) is 0.411. The largest absolute Gasteiger partial charge is 0.423 e. The van der Waals surface area contributed by atoms with E-state index in [1.165, 1.54) is 4.90 Å². The lowest BCUT2D eigenvalue weighted by Gasteiger charge is -2.19. The van der Waals surface area contributed by atoms with Gasteiger partial charge in [-0.1, -0.05) is 39.0 Å². The summed E-state index contributed by atoms with van der Waals surface area (Å²) in [5, 5.41) is 0. The van der Waals surface area contributed by atoms with E-state index in [0.717, 1.165) is 24.8 Å². The van der Waals surface area contributed by atoms with Gasteiger partial charge in [-0.05, 0) is 72.4 Å². The number of carbonyl (C=O) groups is 3. The molecule has 0 radical (unpaired) electrons. The van der Waals surface area contributed by atoms with E-state index in [0.29, 0.717) is 28.8 Å². The second kappa shape index (κ2) is 7.04. The molecule has 2 bridgehead atoms. The Balaban J connectivity index is 1.35. The number of rotatable bonds is 3. The molecule has 0 spiro atoms. The first-order chi connectivity index (χ1) is 14.7. The molecule has 3 aliphatic rings. The van der Waals surface area contributed by atoms with E-state index in [2.05, 4.69) is 20.8 Å². The number of fused-ring (bicyclic) bond motifs is 5. The lowest BCUT2D eigenvalue weighted by Crippen LogP contribution is -2.32. The van der Waals surface area contributed by atoms with Gasteiger partial charge >= 0.3 is 5.97 Å². The third kappa shape index (κ3) is 3.27. The molecular weight excluding hydrogens is 390 g/mol. The van der Waals surface area contributed by atoms with Gasteiger partial charge in [-0.3, -0.25) is 14.5 Å². The number of carbonyl (C=O) groups excluding carboxylic acids is 3. The molecule has 0 aromatic heterocycles. The first-order valence-electron chi connectivity index (χ1n) is 11.0. The topological polar surface area (TPSA) is 63.7 Å². The molecule has 1 aliphatic heterocycles. The first kappa shape index (κ1) is 20.0. The van der Waals surface area contributed by atoms with Crippen LogP contribution in [0.4, 0.5) is 5.69 Å². The fraction of sp³-hybridized carbons (Fsp3) is 0.423. The SMILES string of the molecule is CC(C)(C)c1ccc(OC(=O)c2cccc(N3C(=O)[C@H]4[C@H]5CC[C@@H](C5)[C@@H]4C3=O)c2)cc1. The smallest absolute Gasteiger partial charge is 0.343 e. The number of esters is 1. The molecule has 5 heteroatoms. The van der Waals surface area contributed by atoms with Crippen LogP contribution in [0.5, 0.6) is 5.75 Å². The van der Waals surface area contributed by atoms with E-state index in [9.17, 15) is 14.4 Å². The average molecular weight is 418 g/mol. The van der Waals surface area contributed by atoms with Crippen molar-refractivity contribution in [1.82, 2.24) is 0 Å². The van der Waals surface area contributed by atoms with Crippen LogP contribution in [-0.4, -0.2) is 17.8 Å². The maximum Gasteiger partial charge on any atom is 0.343 e. The normalized spacial score (nSPS) is 27.0. The lowest BCUT2D eigenvalue weighted by atomic mass is 9.81. The van der Waals surface area contributed by atoms with Gasteiger partial charge < -0.3 is 4.74 Å². The van der Waals surface area contributed by atoms with Crippen molar-refractivity contribution >= 4 is 23.5 Å². The predicted molar refractivity (Wildman–Crippen MR) is 117 cm³/mol. The third-order valence-electron chi connectivity index (χ3n) is 7.20. The average Bonchev–Trinajstić information content (AvgIpc) is 3.41. The zero-order chi connectivity index (χ0) is 21.9. The Morgan fingerprint density at radius 1 is 0.935 bits per heavy atom. The van der Waals surface area contributed by atoms with Gasteiger partial charge in [0.25, 0.3) is 0 Å². The summed E-state index contributed by atoms with van der Waals surface area (Å²) < 4.78 is 5.53. The predicted octanol–water partition coefficient (Wildman–Crippen LogP) is 4.74. The van der Waals surface area contributed by atoms with Crippen LogP contribution >= 0.6 is 0 Å². The Morgan fingerprint density at radius 2 is 1.55 bits per heavy atom. The summed E-state index contributed by atoms with van der Waals surface area (Å²) in [4.78, 5) is 40.1. The fourth-order valence-electron chi connectivity index (χ4n) is 5.62. The molecule has 160 valence electrons. The number of hydrogen-bond donors (Lipinski definition) is 0. The Morgan fingerprint density at radius 3 is 2.13 bits per heavy atom. The molecule has 1 saturated heterocycles. The highest BCUT2D eigenvalue weighted by molar-refractivity contribution is 6.22. The number of benzene rings is 2. The van der Waals surface area contributed by atoms with Crippen LogP contribution in [0.25, 0.3) is 0 Å². The third-order valence-corrected chi connectivity index (χ3v) is 7.20. The zero-order valence-corrected chi connectivity index (χ0v) is 18.1. The summed E-state index contributed by atoms with van der Waals surface area (Å²) in [5.41, 5.74) is 1.95. The molecule has 5 rings (SSSR count). The van der Waals surface area contributed by atoms with E-state index in [1.54, 1.807) is 36.4 Å². The van der Waals surface area contributed by atoms with Crippen molar-refractivity contribution in [2.45, 2.75) is 45.4 Å². The number of amides is 2. The molecule has 0 unspecified atom stereocenters. The maximum absolute atomic E-state index is 13.1. The van der Waals surface area contributed by atoms with Crippen molar-refractivity contribution < 1.29 is 19.1 Å². The Hall–Kier alpha value is -2.95. The number of hydrogen-bond acceptors (Lipinski definition) is 4. The van der Waals surface area contributed by atoms with Crippen molar-refractivity contribution in [2.75, 3.05) is 4.90 Å². The Bertz CT molecular complexity index is 1040. The molecule has 2 aliphatic carbocycles. The molecule has 4 atom stereocenters. The van der Waals surface area contributed by atoms with E-state index in [4.69, 9.17) is 4.74 Å². The van der Waals surface area contributed by atoms with Gasteiger partial charge in [-0.25, -0.2) is 4.79 Å². The van der Waals surface area contributed by atoms with Crippen LogP contribution in [0, 0.1) is 23.7 Å². The summed E-state index contributed by atoms with van der Waals surface area (Å²) in [7, 11) is 0. The van der Waals surface area contributed by atoms with Crippen molar-refractivity contribution in [1.29, 1.82) is 0 Å². The van der Waals surface area contributed by atoms with E-state index >= 15 is 0 Å². The van der Waals surface area contributed by atoms with Crippen LogP contribution < -0.4 is 9.64 Å². The van der Waals surface area contributed by atoms with Gasteiger partial charge in [0.05, 0.1) is 23.1 Å². The summed E-state index contributed by atoms with van der Waals surface area (Å²) in [6, 6.07) is 14.1. The molecule has 2 amide bonds. The van der Waals surface area contributed by atoms with Gasteiger partial charge in [-0.15, -0.1) is 0 Å². The van der Waals surface area contributed by atoms with Crippen LogP contribution in [-0.2, 0) is 15.0 Å². The van der Waals surface area contributed by atoms with Gasteiger partial charge in [0.2, 0.25) is 11.8 Å². The molecule has 2 aromatic carbocycles. The van der Waals surface area contributed by atoms with Crippen molar-refractivity contribution in [3.63, 3.8) is 0 Å². The molecule has 31 heavy (non-hydrogen) atoms. The summed E-state index contributed by atoms with van der Waals surface area (Å²) in [5.74, 6) is 0.0521. The Kier molecular flexibility index (Phi) is 4.54. The molecule has 3 fully saturated rings. The standard InChI is InChI=1S/C26H27NO4/c1-26(2,3)18-9-11-20(12-10-18)31-25(30)17-5-4-6-19(14-17)27-23(28)21-15-7-8-16(13-15)22(21)24(27)29/h4-6,9-12,14-16,21-22H,7-8,13H2,1-3H3/t15-,16-,21-,22-/m0/s1. The molecule has 2 aromatic rings. The highest BCUT2D eigenvalue weighted by Gasteiger charge is 2.61. The summed E-state index contributed by atoms with van der Waals surface area (Å²) >= 11 is 0. The van der Waals surface area contributed by atoms with Crippen LogP contribution in [0.15, 0.2) is 48.5 Å². The van der Waals surface area contributed by atoms with Gasteiger partial charge in [0.15, 0.2) is 0 Å². The molecular formula is C26H27NO4. The number of nitrogens with zero attached hydrogens (tertiary/aromatic N) is 1. The maximum atomic E-state index is 13.1. The fourth-order valence-corrected chi connectivity index (χ4v) is 5.62. The van der Waals surface area contributed by atoms with Crippen LogP contribution in [0.1, 0.15) is 56.0 Å². The minimum atomic E-state index is -0.510. The van der Waals surface area contributed by atoms with Crippen molar-refractivity contribution in [2.24, 2.45) is 23.7 Å². The van der Waals surface area contributed by atoms with Crippen LogP contribution in [0.2, 0.25) is 0 Å². The minimum absolute atomic E-state index is 0.0173. The van der Waals surface area contributed by atoms with Crippen molar-refractivity contribution in [3.05, 3.63) is 59.7 Å². The molecule has 0 N–H and O–H groups in total. The molecule has 1 heterocycles. The monoisotopic (exact) mass is 417 g/mol. The number of imide groups is 1. The number of ether oxygens (including phenoxy) is 1. The Labute approximate surface area is 182 Å². The van der Waals surface area contributed by atoms with Gasteiger partial charge in [0, 0.05) is 0 Å². The summed E-state index contributed by atoms with van der Waals surface area (Å²) in [6.45, 7) is 6.38. The van der Waals surface area contributed by atoms with E-state index in [1.807, 2.05) is 12.1 Å². The van der Waals surface area contributed by atoms with Gasteiger partial charge in [-0.2, -0.15) is 0 Å². The minimum Gasteiger partial charge on any atom is -0.423 e. The van der Waals surface area contributed by atoms with Crippen LogP contribution in [0.3, 0.4) is 0 Å². The molecule has 2 saturated carbocycles. The van der Waals surface area contributed by atoms with E-state index in [-0.39, 0.29) is 29.1 Å². The summed E-state index contributed by atoms with van der Waals surface area (Å²) in [6.07, 6.45) is 3.08. The zero-order valence-electron chi connectivity index (χ0n) is 18.1. The first-order valence-corrected chi connectivity index (χ1v) is 11.0. The molecule has 5 nitrogen and oxygen atoms in total. The second-order valence-corrected chi connectivity index (χ2v) is 10.1. The highest BCUT2D eigenvalue weighted by Crippen LogP contribution is 2.56. The number of anilines is 1. The van der Waals surface area contributed by atoms with Gasteiger partial charge in [0.1, 0.15) is 5.75 Å². The lowest BCUT2D eigenvalue weighted by molar-refractivity contribution is -0.123.